The SMILES string of the molecule is CN1CCN(c2ccc3nc(-c4c(NC5CCC5)c5cscc5[nH]c4=O)[nH]c3c2)CC1. The molecule has 1 aromatic carbocycles. The van der Waals surface area contributed by atoms with Gasteiger partial charge < -0.3 is 25.1 Å². The molecule has 3 aromatic heterocycles. The second-order valence-corrected chi connectivity index (χ2v) is 9.50. The minimum atomic E-state index is -0.105. The molecule has 8 heteroatoms. The summed E-state index contributed by atoms with van der Waals surface area (Å²) in [6.07, 6.45) is 3.53. The van der Waals surface area contributed by atoms with Gasteiger partial charge in [-0.1, -0.05) is 0 Å². The number of imidazole rings is 1. The van der Waals surface area contributed by atoms with Crippen molar-refractivity contribution in [3.63, 3.8) is 0 Å². The molecule has 1 saturated carbocycles. The monoisotopic (exact) mass is 434 g/mol. The molecule has 0 amide bonds. The Bertz CT molecular complexity index is 1310. The number of hydrogen-bond acceptors (Lipinski definition) is 6. The van der Waals surface area contributed by atoms with E-state index in [4.69, 9.17) is 4.98 Å². The molecule has 0 unspecified atom stereocenters. The average Bonchev–Trinajstić information content (AvgIpc) is 3.36. The minimum absolute atomic E-state index is 0.105. The van der Waals surface area contributed by atoms with E-state index >= 15 is 0 Å². The first-order chi connectivity index (χ1) is 15.2. The maximum Gasteiger partial charge on any atom is 0.261 e. The maximum atomic E-state index is 13.1. The predicted molar refractivity (Wildman–Crippen MR) is 129 cm³/mol. The lowest BCUT2D eigenvalue weighted by Crippen LogP contribution is -2.44. The average molecular weight is 435 g/mol. The van der Waals surface area contributed by atoms with E-state index in [1.54, 1.807) is 11.3 Å². The Hall–Kier alpha value is -2.84. The van der Waals surface area contributed by atoms with E-state index in [0.717, 1.165) is 66.6 Å². The van der Waals surface area contributed by atoms with Crippen LogP contribution in [0.15, 0.2) is 33.8 Å². The highest BCUT2D eigenvalue weighted by molar-refractivity contribution is 7.09. The Labute approximate surface area is 184 Å². The van der Waals surface area contributed by atoms with Gasteiger partial charge in [0.1, 0.15) is 11.4 Å². The van der Waals surface area contributed by atoms with Crippen LogP contribution >= 0.6 is 11.3 Å². The molecule has 2 aliphatic rings. The van der Waals surface area contributed by atoms with Crippen molar-refractivity contribution in [1.29, 1.82) is 0 Å². The number of anilines is 2. The van der Waals surface area contributed by atoms with E-state index < -0.39 is 0 Å². The number of pyridine rings is 1. The molecule has 6 rings (SSSR count). The smallest absolute Gasteiger partial charge is 0.261 e. The number of aromatic amines is 2. The summed E-state index contributed by atoms with van der Waals surface area (Å²) in [6, 6.07) is 6.78. The van der Waals surface area contributed by atoms with Crippen molar-refractivity contribution in [1.82, 2.24) is 19.9 Å². The highest BCUT2D eigenvalue weighted by Crippen LogP contribution is 2.35. The minimum Gasteiger partial charge on any atom is -0.381 e. The highest BCUT2D eigenvalue weighted by atomic mass is 32.1. The number of piperazine rings is 1. The topological polar surface area (TPSA) is 80.0 Å². The number of benzene rings is 1. The number of rotatable bonds is 4. The van der Waals surface area contributed by atoms with Gasteiger partial charge in [-0.15, -0.1) is 11.3 Å². The summed E-state index contributed by atoms with van der Waals surface area (Å²) in [5.41, 5.74) is 5.34. The van der Waals surface area contributed by atoms with E-state index in [2.05, 4.69) is 55.7 Å². The van der Waals surface area contributed by atoms with Crippen molar-refractivity contribution in [2.24, 2.45) is 0 Å². The fraction of sp³-hybridized carbons (Fsp3) is 0.391. The highest BCUT2D eigenvalue weighted by Gasteiger charge is 2.24. The fourth-order valence-corrected chi connectivity index (χ4v) is 5.30. The van der Waals surface area contributed by atoms with Crippen molar-refractivity contribution < 1.29 is 0 Å². The number of aromatic nitrogens is 3. The number of nitrogens with one attached hydrogen (secondary N) is 3. The Kier molecular flexibility index (Phi) is 4.50. The van der Waals surface area contributed by atoms with Gasteiger partial charge in [0.05, 0.1) is 22.2 Å². The third kappa shape index (κ3) is 3.30. The van der Waals surface area contributed by atoms with Crippen LogP contribution in [-0.4, -0.2) is 59.1 Å². The predicted octanol–water partition coefficient (Wildman–Crippen LogP) is 3.85. The molecule has 160 valence electrons. The van der Waals surface area contributed by atoms with Gasteiger partial charge in [0.2, 0.25) is 0 Å². The molecule has 1 saturated heterocycles. The molecule has 0 spiro atoms. The van der Waals surface area contributed by atoms with Crippen molar-refractivity contribution in [3.05, 3.63) is 39.3 Å². The lowest BCUT2D eigenvalue weighted by Gasteiger charge is -2.34. The second-order valence-electron chi connectivity index (χ2n) is 8.75. The molecule has 4 aromatic rings. The van der Waals surface area contributed by atoms with Gasteiger partial charge in [0.25, 0.3) is 5.56 Å². The summed E-state index contributed by atoms with van der Waals surface area (Å²) in [6.45, 7) is 4.18. The van der Waals surface area contributed by atoms with Crippen LogP contribution < -0.4 is 15.8 Å². The summed E-state index contributed by atoms with van der Waals surface area (Å²) < 4.78 is 0. The van der Waals surface area contributed by atoms with E-state index in [1.807, 2.05) is 5.38 Å². The van der Waals surface area contributed by atoms with Crippen LogP contribution in [0.5, 0.6) is 0 Å². The van der Waals surface area contributed by atoms with Gasteiger partial charge in [-0.25, -0.2) is 4.98 Å². The van der Waals surface area contributed by atoms with Gasteiger partial charge >= 0.3 is 0 Å². The van der Waals surface area contributed by atoms with Gasteiger partial charge in [-0.2, -0.15) is 0 Å². The molecule has 0 radical (unpaired) electrons. The van der Waals surface area contributed by atoms with Crippen LogP contribution in [0.1, 0.15) is 19.3 Å². The van der Waals surface area contributed by atoms with Crippen molar-refractivity contribution in [2.75, 3.05) is 43.4 Å². The third-order valence-electron chi connectivity index (χ3n) is 6.68. The van der Waals surface area contributed by atoms with Gasteiger partial charge in [0.15, 0.2) is 0 Å². The number of likely N-dealkylation sites (N-methyl/N-ethyl adjacent to an activating group) is 1. The number of fused-ring (bicyclic) bond motifs is 2. The van der Waals surface area contributed by atoms with Gasteiger partial charge in [0, 0.05) is 54.1 Å². The zero-order valence-electron chi connectivity index (χ0n) is 17.6. The molecule has 1 aliphatic carbocycles. The Morgan fingerprint density at radius 2 is 1.94 bits per heavy atom. The zero-order chi connectivity index (χ0) is 20.9. The summed E-state index contributed by atoms with van der Waals surface area (Å²) in [4.78, 5) is 29.2. The third-order valence-corrected chi connectivity index (χ3v) is 7.42. The number of H-pyrrole nitrogens is 2. The van der Waals surface area contributed by atoms with Crippen molar-refractivity contribution in [2.45, 2.75) is 25.3 Å². The Morgan fingerprint density at radius 3 is 2.71 bits per heavy atom. The van der Waals surface area contributed by atoms with Crippen LogP contribution in [0.2, 0.25) is 0 Å². The Morgan fingerprint density at radius 1 is 1.10 bits per heavy atom. The van der Waals surface area contributed by atoms with Crippen LogP contribution in [0, 0.1) is 0 Å². The summed E-state index contributed by atoms with van der Waals surface area (Å²) >= 11 is 1.61. The second kappa shape index (κ2) is 7.39. The number of nitrogens with zero attached hydrogens (tertiary/aromatic N) is 3. The largest absolute Gasteiger partial charge is 0.381 e. The Balaban J connectivity index is 1.43. The normalized spacial score (nSPS) is 18.0. The van der Waals surface area contributed by atoms with Gasteiger partial charge in [-0.05, 0) is 44.5 Å². The summed E-state index contributed by atoms with van der Waals surface area (Å²) in [5.74, 6) is 0.627. The van der Waals surface area contributed by atoms with Crippen LogP contribution in [0.4, 0.5) is 11.4 Å². The van der Waals surface area contributed by atoms with E-state index in [0.29, 0.717) is 17.4 Å². The van der Waals surface area contributed by atoms with Crippen molar-refractivity contribution >= 4 is 44.6 Å². The first kappa shape index (κ1) is 18.9. The molecule has 31 heavy (non-hydrogen) atoms. The number of hydrogen-bond donors (Lipinski definition) is 3. The molecule has 2 fully saturated rings. The van der Waals surface area contributed by atoms with Crippen LogP contribution in [-0.2, 0) is 0 Å². The molecular weight excluding hydrogens is 408 g/mol. The number of thiophene rings is 1. The molecule has 7 nitrogen and oxygen atoms in total. The van der Waals surface area contributed by atoms with Crippen LogP contribution in [0.3, 0.4) is 0 Å². The first-order valence-electron chi connectivity index (χ1n) is 11.0. The zero-order valence-corrected chi connectivity index (χ0v) is 18.4. The van der Waals surface area contributed by atoms with E-state index in [-0.39, 0.29) is 5.56 Å². The van der Waals surface area contributed by atoms with Crippen molar-refractivity contribution in [3.8, 4) is 11.4 Å². The molecule has 0 bridgehead atoms. The van der Waals surface area contributed by atoms with E-state index in [1.165, 1.54) is 12.1 Å². The van der Waals surface area contributed by atoms with E-state index in [9.17, 15) is 4.79 Å². The molecule has 4 heterocycles. The molecule has 1 aliphatic heterocycles. The standard InChI is InChI=1S/C23H26N6OS/c1-28-7-9-29(10-8-28)15-5-6-17-18(11-15)26-22(25-17)20-21(24-14-3-2-4-14)16-12-31-13-19(16)27-23(20)30/h5-6,11-14,24H,2-4,7-10H2,1H3,(H,25,26)(H,27,30). The maximum absolute atomic E-state index is 13.1. The van der Waals surface area contributed by atoms with Gasteiger partial charge in [-0.3, -0.25) is 4.79 Å². The fourth-order valence-electron chi connectivity index (χ4n) is 4.53. The first-order valence-corrected chi connectivity index (χ1v) is 11.9. The molecule has 3 N–H and O–H groups in total. The summed E-state index contributed by atoms with van der Waals surface area (Å²) in [5, 5.41) is 8.80. The summed E-state index contributed by atoms with van der Waals surface area (Å²) in [7, 11) is 2.17. The molecular formula is C23H26N6OS. The van der Waals surface area contributed by atoms with Crippen LogP contribution in [0.25, 0.3) is 33.3 Å². The molecule has 0 atom stereocenters. The lowest BCUT2D eigenvalue weighted by molar-refractivity contribution is 0.313. The lowest BCUT2D eigenvalue weighted by atomic mass is 9.92. The quantitative estimate of drug-likeness (QED) is 0.455.